The van der Waals surface area contributed by atoms with Gasteiger partial charge >= 0.3 is 0 Å². The molecule has 2 rings (SSSR count). The van der Waals surface area contributed by atoms with Gasteiger partial charge in [0.1, 0.15) is 0 Å². The Kier molecular flexibility index (Phi) is 5.47. The Balaban J connectivity index is 2.00. The predicted molar refractivity (Wildman–Crippen MR) is 88.6 cm³/mol. The van der Waals surface area contributed by atoms with E-state index in [0.717, 1.165) is 0 Å². The zero-order valence-corrected chi connectivity index (χ0v) is 13.6. The largest absolute Gasteiger partial charge is 0.382 e. The Hall–Kier alpha value is -1.02. The third-order valence-corrected chi connectivity index (χ3v) is 4.39. The highest BCUT2D eigenvalue weighted by Crippen LogP contribution is 2.25. The molecule has 20 heavy (non-hydrogen) atoms. The maximum atomic E-state index is 3.82. The molecule has 1 aromatic rings. The molecule has 1 aromatic carbocycles. The summed E-state index contributed by atoms with van der Waals surface area (Å²) < 4.78 is 0. The molecule has 1 heterocycles. The summed E-state index contributed by atoms with van der Waals surface area (Å²) in [5.74, 6) is 0. The van der Waals surface area contributed by atoms with Crippen LogP contribution in [0.1, 0.15) is 49.3 Å². The normalized spacial score (nSPS) is 20.7. The minimum absolute atomic E-state index is 0.636. The van der Waals surface area contributed by atoms with Crippen LogP contribution < -0.4 is 5.32 Å². The smallest absolute Gasteiger partial charge is 0.0401 e. The minimum Gasteiger partial charge on any atom is -0.382 e. The molecule has 1 N–H and O–H groups in total. The maximum absolute atomic E-state index is 3.82. The van der Waals surface area contributed by atoms with E-state index >= 15 is 0 Å². The fraction of sp³-hybridized carbons (Fsp3) is 0.667. The van der Waals surface area contributed by atoms with Gasteiger partial charge in [-0.05, 0) is 70.7 Å². The van der Waals surface area contributed by atoms with Gasteiger partial charge in [-0.15, -0.1) is 0 Å². The van der Waals surface area contributed by atoms with Crippen molar-refractivity contribution in [2.45, 2.75) is 59.4 Å². The first-order valence-corrected chi connectivity index (χ1v) is 8.17. The predicted octanol–water partition coefficient (Wildman–Crippen LogP) is 4.29. The van der Waals surface area contributed by atoms with Crippen molar-refractivity contribution in [1.82, 2.24) is 4.90 Å². The molecule has 112 valence electrons. The monoisotopic (exact) mass is 274 g/mol. The molecule has 1 aliphatic rings. The highest BCUT2D eigenvalue weighted by Gasteiger charge is 2.17. The van der Waals surface area contributed by atoms with Crippen LogP contribution in [0.25, 0.3) is 0 Å². The number of nitrogens with one attached hydrogen (secondary N) is 1. The second kappa shape index (κ2) is 7.12. The van der Waals surface area contributed by atoms with Gasteiger partial charge in [-0.1, -0.05) is 24.6 Å². The third kappa shape index (κ3) is 3.99. The zero-order chi connectivity index (χ0) is 14.5. The number of likely N-dealkylation sites (tertiary alicyclic amines) is 1. The number of hydrogen-bond donors (Lipinski definition) is 1. The molecule has 0 saturated carbocycles. The van der Waals surface area contributed by atoms with Gasteiger partial charge in [0, 0.05) is 18.3 Å². The van der Waals surface area contributed by atoms with Crippen LogP contribution in [-0.4, -0.2) is 30.6 Å². The molecule has 0 spiro atoms. The standard InChI is InChI=1S/C18H30N2/c1-5-9-20-10-6-7-17(8-11-20)19-18-15(3)12-14(2)13-16(18)4/h12-13,17,19H,5-11H2,1-4H3. The van der Waals surface area contributed by atoms with E-state index < -0.39 is 0 Å². The lowest BCUT2D eigenvalue weighted by Crippen LogP contribution is -2.27. The lowest BCUT2D eigenvalue weighted by molar-refractivity contribution is 0.285. The molecular formula is C18H30N2. The van der Waals surface area contributed by atoms with E-state index in [9.17, 15) is 0 Å². The molecule has 1 atom stereocenters. The zero-order valence-electron chi connectivity index (χ0n) is 13.6. The van der Waals surface area contributed by atoms with Crippen molar-refractivity contribution in [3.63, 3.8) is 0 Å². The van der Waals surface area contributed by atoms with E-state index in [0.29, 0.717) is 6.04 Å². The van der Waals surface area contributed by atoms with Crippen LogP contribution in [0.5, 0.6) is 0 Å². The summed E-state index contributed by atoms with van der Waals surface area (Å²) in [5, 5.41) is 3.82. The highest BCUT2D eigenvalue weighted by atomic mass is 15.1. The van der Waals surface area contributed by atoms with Crippen LogP contribution in [0.2, 0.25) is 0 Å². The van der Waals surface area contributed by atoms with E-state index in [1.165, 1.54) is 67.7 Å². The molecule has 1 fully saturated rings. The van der Waals surface area contributed by atoms with Crippen molar-refractivity contribution in [2.75, 3.05) is 25.0 Å². The summed E-state index contributed by atoms with van der Waals surface area (Å²) in [7, 11) is 0. The Morgan fingerprint density at radius 2 is 1.80 bits per heavy atom. The summed E-state index contributed by atoms with van der Waals surface area (Å²) in [4.78, 5) is 2.62. The Bertz CT molecular complexity index is 416. The molecule has 0 aromatic heterocycles. The van der Waals surface area contributed by atoms with Crippen LogP contribution in [0.4, 0.5) is 5.69 Å². The molecule has 2 heteroatoms. The lowest BCUT2D eigenvalue weighted by atomic mass is 10.0. The van der Waals surface area contributed by atoms with Crippen LogP contribution in [-0.2, 0) is 0 Å². The summed E-state index contributed by atoms with van der Waals surface area (Å²) in [6.45, 7) is 12.7. The topological polar surface area (TPSA) is 15.3 Å². The molecule has 1 saturated heterocycles. The molecule has 2 nitrogen and oxygen atoms in total. The number of hydrogen-bond acceptors (Lipinski definition) is 2. The van der Waals surface area contributed by atoms with Gasteiger partial charge in [0.2, 0.25) is 0 Å². The summed E-state index contributed by atoms with van der Waals surface area (Å²) in [5.41, 5.74) is 5.50. The van der Waals surface area contributed by atoms with Gasteiger partial charge in [0.05, 0.1) is 0 Å². The Morgan fingerprint density at radius 1 is 1.10 bits per heavy atom. The molecule has 0 radical (unpaired) electrons. The number of nitrogens with zero attached hydrogens (tertiary/aromatic N) is 1. The summed E-state index contributed by atoms with van der Waals surface area (Å²) in [6.07, 6.45) is 5.16. The fourth-order valence-electron chi connectivity index (χ4n) is 3.45. The van der Waals surface area contributed by atoms with E-state index in [2.05, 4.69) is 50.0 Å². The first-order valence-electron chi connectivity index (χ1n) is 8.17. The highest BCUT2D eigenvalue weighted by molar-refractivity contribution is 5.58. The van der Waals surface area contributed by atoms with Crippen molar-refractivity contribution >= 4 is 5.69 Å². The summed E-state index contributed by atoms with van der Waals surface area (Å²) >= 11 is 0. The number of aryl methyl sites for hydroxylation is 3. The van der Waals surface area contributed by atoms with Crippen molar-refractivity contribution < 1.29 is 0 Å². The quantitative estimate of drug-likeness (QED) is 0.881. The van der Waals surface area contributed by atoms with Gasteiger partial charge in [0.25, 0.3) is 0 Å². The summed E-state index contributed by atoms with van der Waals surface area (Å²) in [6, 6.07) is 5.21. The fourth-order valence-corrected chi connectivity index (χ4v) is 3.45. The van der Waals surface area contributed by atoms with E-state index in [-0.39, 0.29) is 0 Å². The second-order valence-electron chi connectivity index (χ2n) is 6.39. The Labute approximate surface area is 124 Å². The maximum Gasteiger partial charge on any atom is 0.0401 e. The molecular weight excluding hydrogens is 244 g/mol. The van der Waals surface area contributed by atoms with E-state index in [4.69, 9.17) is 0 Å². The average molecular weight is 274 g/mol. The van der Waals surface area contributed by atoms with Gasteiger partial charge in [-0.3, -0.25) is 0 Å². The number of benzene rings is 1. The van der Waals surface area contributed by atoms with Gasteiger partial charge in [-0.2, -0.15) is 0 Å². The number of rotatable bonds is 4. The molecule has 0 bridgehead atoms. The molecule has 0 aliphatic carbocycles. The van der Waals surface area contributed by atoms with Gasteiger partial charge in [0.15, 0.2) is 0 Å². The van der Waals surface area contributed by atoms with Gasteiger partial charge < -0.3 is 10.2 Å². The first-order chi connectivity index (χ1) is 9.60. The molecule has 0 amide bonds. The molecule has 1 aliphatic heterocycles. The van der Waals surface area contributed by atoms with Crippen molar-refractivity contribution in [3.05, 3.63) is 28.8 Å². The van der Waals surface area contributed by atoms with Crippen LogP contribution in [0.3, 0.4) is 0 Å². The lowest BCUT2D eigenvalue weighted by Gasteiger charge is -2.22. The van der Waals surface area contributed by atoms with Crippen molar-refractivity contribution in [1.29, 1.82) is 0 Å². The molecule has 1 unspecified atom stereocenters. The third-order valence-electron chi connectivity index (χ3n) is 4.39. The first kappa shape index (κ1) is 15.4. The second-order valence-corrected chi connectivity index (χ2v) is 6.39. The van der Waals surface area contributed by atoms with Crippen molar-refractivity contribution in [3.8, 4) is 0 Å². The van der Waals surface area contributed by atoms with Gasteiger partial charge in [-0.25, -0.2) is 0 Å². The average Bonchev–Trinajstić information content (AvgIpc) is 2.60. The van der Waals surface area contributed by atoms with E-state index in [1.54, 1.807) is 0 Å². The SMILES string of the molecule is CCCN1CCCC(Nc2c(C)cc(C)cc2C)CC1. The van der Waals surface area contributed by atoms with Crippen LogP contribution in [0, 0.1) is 20.8 Å². The Morgan fingerprint density at radius 3 is 2.45 bits per heavy atom. The minimum atomic E-state index is 0.636. The van der Waals surface area contributed by atoms with E-state index in [1.807, 2.05) is 0 Å². The van der Waals surface area contributed by atoms with Crippen LogP contribution >= 0.6 is 0 Å². The number of anilines is 1. The van der Waals surface area contributed by atoms with Crippen molar-refractivity contribution in [2.24, 2.45) is 0 Å². The van der Waals surface area contributed by atoms with Crippen LogP contribution in [0.15, 0.2) is 12.1 Å².